The van der Waals surface area contributed by atoms with Crippen LogP contribution < -0.4 is 10.6 Å². The van der Waals surface area contributed by atoms with Crippen LogP contribution in [0.25, 0.3) is 0 Å². The van der Waals surface area contributed by atoms with E-state index in [2.05, 4.69) is 10.6 Å². The number of carbonyl (C=O) groups excluding carboxylic acids is 1. The lowest BCUT2D eigenvalue weighted by molar-refractivity contribution is 0.162. The van der Waals surface area contributed by atoms with E-state index in [-0.39, 0.29) is 12.6 Å². The summed E-state index contributed by atoms with van der Waals surface area (Å²) in [6.07, 6.45) is 1.13. The molecule has 0 aliphatic heterocycles. The molecule has 0 spiro atoms. The maximum atomic E-state index is 11.7. The van der Waals surface area contributed by atoms with Crippen LogP contribution in [0.15, 0.2) is 18.2 Å². The van der Waals surface area contributed by atoms with E-state index >= 15 is 0 Å². The second-order valence-electron chi connectivity index (χ2n) is 4.54. The Morgan fingerprint density at radius 1 is 1.33 bits per heavy atom. The molecule has 0 fully saturated rings. The average molecular weight is 250 g/mol. The van der Waals surface area contributed by atoms with Crippen LogP contribution in [-0.4, -0.2) is 23.8 Å². The molecule has 4 heteroatoms. The van der Waals surface area contributed by atoms with E-state index in [4.69, 9.17) is 0 Å². The standard InChI is InChI=1S/C14H22N2O2/c1-4-6-12(17)9-15-14(18)16-13-10(2)7-5-8-11(13)3/h5,7-8,12,17H,4,6,9H2,1-3H3,(H2,15,16,18). The number of urea groups is 1. The highest BCUT2D eigenvalue weighted by Crippen LogP contribution is 2.18. The molecule has 18 heavy (non-hydrogen) atoms. The van der Waals surface area contributed by atoms with Crippen molar-refractivity contribution in [2.24, 2.45) is 0 Å². The first kappa shape index (κ1) is 14.5. The number of nitrogens with one attached hydrogen (secondary N) is 2. The number of aliphatic hydroxyl groups excluding tert-OH is 1. The number of hydrogen-bond acceptors (Lipinski definition) is 2. The van der Waals surface area contributed by atoms with Crippen molar-refractivity contribution in [2.45, 2.75) is 39.7 Å². The number of amides is 2. The van der Waals surface area contributed by atoms with Crippen molar-refractivity contribution in [3.63, 3.8) is 0 Å². The molecule has 2 amide bonds. The molecule has 100 valence electrons. The predicted molar refractivity (Wildman–Crippen MR) is 73.9 cm³/mol. The van der Waals surface area contributed by atoms with Gasteiger partial charge in [0.2, 0.25) is 0 Å². The van der Waals surface area contributed by atoms with Gasteiger partial charge >= 0.3 is 6.03 Å². The van der Waals surface area contributed by atoms with Crippen molar-refractivity contribution in [3.05, 3.63) is 29.3 Å². The summed E-state index contributed by atoms with van der Waals surface area (Å²) in [7, 11) is 0. The van der Waals surface area contributed by atoms with Crippen LogP contribution in [0.2, 0.25) is 0 Å². The lowest BCUT2D eigenvalue weighted by Gasteiger charge is -2.14. The van der Waals surface area contributed by atoms with Gasteiger partial charge in [-0.3, -0.25) is 0 Å². The number of benzene rings is 1. The number of carbonyl (C=O) groups is 1. The third-order valence-corrected chi connectivity index (χ3v) is 2.84. The second kappa shape index (κ2) is 7.01. The molecule has 1 atom stereocenters. The highest BCUT2D eigenvalue weighted by molar-refractivity contribution is 5.90. The van der Waals surface area contributed by atoms with Crippen LogP contribution in [0.5, 0.6) is 0 Å². The summed E-state index contributed by atoms with van der Waals surface area (Å²) < 4.78 is 0. The van der Waals surface area contributed by atoms with Crippen LogP contribution in [0.3, 0.4) is 0 Å². The van der Waals surface area contributed by atoms with Crippen molar-refractivity contribution in [1.29, 1.82) is 0 Å². The van der Waals surface area contributed by atoms with Gasteiger partial charge in [0, 0.05) is 12.2 Å². The van der Waals surface area contributed by atoms with Crippen molar-refractivity contribution >= 4 is 11.7 Å². The molecule has 0 aromatic heterocycles. The van der Waals surface area contributed by atoms with Crippen LogP contribution >= 0.6 is 0 Å². The Morgan fingerprint density at radius 3 is 2.50 bits per heavy atom. The fourth-order valence-corrected chi connectivity index (χ4v) is 1.82. The molecule has 0 saturated carbocycles. The van der Waals surface area contributed by atoms with Gasteiger partial charge in [-0.15, -0.1) is 0 Å². The topological polar surface area (TPSA) is 61.4 Å². The lowest BCUT2D eigenvalue weighted by atomic mass is 10.1. The van der Waals surface area contributed by atoms with Gasteiger partial charge in [-0.2, -0.15) is 0 Å². The smallest absolute Gasteiger partial charge is 0.319 e. The molecule has 0 aliphatic carbocycles. The minimum Gasteiger partial charge on any atom is -0.391 e. The summed E-state index contributed by atoms with van der Waals surface area (Å²) in [5, 5.41) is 15.0. The molecule has 4 nitrogen and oxygen atoms in total. The van der Waals surface area contributed by atoms with Crippen molar-refractivity contribution in [1.82, 2.24) is 5.32 Å². The monoisotopic (exact) mass is 250 g/mol. The number of para-hydroxylation sites is 1. The Bertz CT molecular complexity index is 385. The first-order chi connectivity index (χ1) is 8.54. The van der Waals surface area contributed by atoms with Crippen molar-refractivity contribution < 1.29 is 9.90 Å². The Kier molecular flexibility index (Phi) is 5.65. The SMILES string of the molecule is CCCC(O)CNC(=O)Nc1c(C)cccc1C. The summed E-state index contributed by atoms with van der Waals surface area (Å²) in [6, 6.07) is 5.59. The maximum absolute atomic E-state index is 11.7. The van der Waals surface area contributed by atoms with E-state index < -0.39 is 6.10 Å². The van der Waals surface area contributed by atoms with Gasteiger partial charge in [0.1, 0.15) is 0 Å². The van der Waals surface area contributed by atoms with Gasteiger partial charge in [0.15, 0.2) is 0 Å². The molecule has 1 aromatic carbocycles. The highest BCUT2D eigenvalue weighted by atomic mass is 16.3. The first-order valence-corrected chi connectivity index (χ1v) is 6.33. The summed E-state index contributed by atoms with van der Waals surface area (Å²) in [6.45, 7) is 6.19. The average Bonchev–Trinajstić information content (AvgIpc) is 2.32. The number of anilines is 1. The molecule has 0 bridgehead atoms. The Labute approximate surface area is 108 Å². The third-order valence-electron chi connectivity index (χ3n) is 2.84. The number of aryl methyl sites for hydroxylation is 2. The zero-order chi connectivity index (χ0) is 13.5. The van der Waals surface area contributed by atoms with Gasteiger partial charge in [0.25, 0.3) is 0 Å². The van der Waals surface area contributed by atoms with Crippen LogP contribution in [0, 0.1) is 13.8 Å². The summed E-state index contributed by atoms with van der Waals surface area (Å²) >= 11 is 0. The third kappa shape index (κ3) is 4.37. The molecule has 0 radical (unpaired) electrons. The van der Waals surface area contributed by atoms with Crippen LogP contribution in [0.1, 0.15) is 30.9 Å². The normalized spacial score (nSPS) is 12.0. The summed E-state index contributed by atoms with van der Waals surface area (Å²) in [5.74, 6) is 0. The minimum atomic E-state index is -0.473. The molecular weight excluding hydrogens is 228 g/mol. The van der Waals surface area contributed by atoms with Crippen LogP contribution in [0.4, 0.5) is 10.5 Å². The fraction of sp³-hybridized carbons (Fsp3) is 0.500. The van der Waals surface area contributed by atoms with Crippen molar-refractivity contribution in [3.8, 4) is 0 Å². The zero-order valence-electron chi connectivity index (χ0n) is 11.3. The zero-order valence-corrected chi connectivity index (χ0v) is 11.3. The van der Waals surface area contributed by atoms with Gasteiger partial charge in [-0.25, -0.2) is 4.79 Å². The van der Waals surface area contributed by atoms with Gasteiger partial charge < -0.3 is 15.7 Å². The summed E-state index contributed by atoms with van der Waals surface area (Å²) in [5.41, 5.74) is 2.89. The Balaban J connectivity index is 2.50. The van der Waals surface area contributed by atoms with E-state index in [1.807, 2.05) is 39.0 Å². The second-order valence-corrected chi connectivity index (χ2v) is 4.54. The van der Waals surface area contributed by atoms with E-state index in [1.165, 1.54) is 0 Å². The summed E-state index contributed by atoms with van der Waals surface area (Å²) in [4.78, 5) is 11.7. The maximum Gasteiger partial charge on any atom is 0.319 e. The largest absolute Gasteiger partial charge is 0.391 e. The minimum absolute atomic E-state index is 0.275. The molecule has 1 rings (SSSR count). The molecule has 0 aliphatic rings. The Hall–Kier alpha value is -1.55. The number of aliphatic hydroxyl groups is 1. The van der Waals surface area contributed by atoms with Crippen LogP contribution in [-0.2, 0) is 0 Å². The molecule has 1 aromatic rings. The quantitative estimate of drug-likeness (QED) is 0.752. The van der Waals surface area contributed by atoms with Gasteiger partial charge in [0.05, 0.1) is 6.10 Å². The molecule has 3 N–H and O–H groups in total. The molecule has 1 unspecified atom stereocenters. The molecule has 0 heterocycles. The predicted octanol–water partition coefficient (Wildman–Crippen LogP) is 2.59. The fourth-order valence-electron chi connectivity index (χ4n) is 1.82. The first-order valence-electron chi connectivity index (χ1n) is 6.33. The van der Waals surface area contributed by atoms with Gasteiger partial charge in [-0.05, 0) is 31.4 Å². The van der Waals surface area contributed by atoms with E-state index in [9.17, 15) is 9.90 Å². The van der Waals surface area contributed by atoms with E-state index in [0.717, 1.165) is 23.2 Å². The molecule has 0 saturated heterocycles. The van der Waals surface area contributed by atoms with E-state index in [0.29, 0.717) is 6.42 Å². The van der Waals surface area contributed by atoms with Crippen molar-refractivity contribution in [2.75, 3.05) is 11.9 Å². The highest BCUT2D eigenvalue weighted by Gasteiger charge is 2.08. The number of rotatable bonds is 5. The molecular formula is C14H22N2O2. The number of hydrogen-bond donors (Lipinski definition) is 3. The van der Waals surface area contributed by atoms with Gasteiger partial charge in [-0.1, -0.05) is 31.5 Å². The Morgan fingerprint density at radius 2 is 1.94 bits per heavy atom. The lowest BCUT2D eigenvalue weighted by Crippen LogP contribution is -2.35. The van der Waals surface area contributed by atoms with E-state index in [1.54, 1.807) is 0 Å².